The van der Waals surface area contributed by atoms with E-state index in [2.05, 4.69) is 32.4 Å². The summed E-state index contributed by atoms with van der Waals surface area (Å²) in [4.78, 5) is 19.2. The Labute approximate surface area is 208 Å². The summed E-state index contributed by atoms with van der Waals surface area (Å²) in [5.41, 5.74) is -1.38. The quantitative estimate of drug-likeness (QED) is 0.237. The number of aromatic nitrogens is 3. The fourth-order valence-electron chi connectivity index (χ4n) is 3.41. The van der Waals surface area contributed by atoms with Crippen molar-refractivity contribution in [3.05, 3.63) is 24.3 Å². The van der Waals surface area contributed by atoms with E-state index in [1.54, 1.807) is 11.0 Å². The first-order valence-electron chi connectivity index (χ1n) is 10.5. The van der Waals surface area contributed by atoms with Crippen molar-refractivity contribution in [3.8, 4) is 0 Å². The van der Waals surface area contributed by atoms with Gasteiger partial charge in [0.2, 0.25) is 0 Å². The van der Waals surface area contributed by atoms with Gasteiger partial charge in [0.05, 0.1) is 12.1 Å². The van der Waals surface area contributed by atoms with E-state index in [4.69, 9.17) is 9.47 Å². The van der Waals surface area contributed by atoms with Gasteiger partial charge in [0.1, 0.15) is 23.7 Å². The lowest BCUT2D eigenvalue weighted by Crippen LogP contribution is -2.54. The van der Waals surface area contributed by atoms with Crippen LogP contribution in [0.2, 0.25) is 0 Å². The van der Waals surface area contributed by atoms with Crippen LogP contribution in [0.15, 0.2) is 17.6 Å². The van der Waals surface area contributed by atoms with Crippen molar-refractivity contribution in [2.45, 2.75) is 78.5 Å². The highest BCUT2D eigenvalue weighted by molar-refractivity contribution is 14.0. The smallest absolute Gasteiger partial charge is 0.412 e. The number of amides is 1. The Kier molecular flexibility index (Phi) is 9.94. The molecule has 0 saturated carbocycles. The molecule has 2 N–H and O–H groups in total. The second-order valence-electron chi connectivity index (χ2n) is 9.13. The SMILES string of the molecule is C=CCNC(=NCc1nnc(C)n1C)NCC1C(C)OC(C)(C)N1C(=O)OC(C)(C)C.I. The average molecular weight is 563 g/mol. The van der Waals surface area contributed by atoms with Crippen LogP contribution >= 0.6 is 24.0 Å². The number of halogens is 1. The molecule has 1 aliphatic rings. The summed E-state index contributed by atoms with van der Waals surface area (Å²) >= 11 is 0. The monoisotopic (exact) mass is 563 g/mol. The zero-order valence-corrected chi connectivity index (χ0v) is 22.8. The molecular formula is C21H38IN7O3. The fourth-order valence-corrected chi connectivity index (χ4v) is 3.41. The normalized spacial score (nSPS) is 20.5. The van der Waals surface area contributed by atoms with Crippen LogP contribution in [-0.4, -0.2) is 68.3 Å². The van der Waals surface area contributed by atoms with Crippen molar-refractivity contribution >= 4 is 36.0 Å². The third-order valence-corrected chi connectivity index (χ3v) is 4.97. The summed E-state index contributed by atoms with van der Waals surface area (Å²) in [6.07, 6.45) is 1.17. The minimum Gasteiger partial charge on any atom is -0.444 e. The predicted molar refractivity (Wildman–Crippen MR) is 135 cm³/mol. The molecule has 1 aromatic heterocycles. The summed E-state index contributed by atoms with van der Waals surface area (Å²) in [7, 11) is 1.91. The maximum absolute atomic E-state index is 12.9. The van der Waals surface area contributed by atoms with Crippen molar-refractivity contribution in [1.29, 1.82) is 0 Å². The van der Waals surface area contributed by atoms with E-state index in [9.17, 15) is 4.79 Å². The average Bonchev–Trinajstić information content (AvgIpc) is 3.07. The number of hydrogen-bond acceptors (Lipinski definition) is 6. The van der Waals surface area contributed by atoms with Gasteiger partial charge in [-0.3, -0.25) is 4.90 Å². The standard InChI is InChI=1S/C21H37N7O3.HI/c1-10-11-22-18(24-13-17-26-25-15(3)27(17)9)23-12-16-14(2)30-21(7,8)28(16)19(29)31-20(4,5)6;/h10,14,16H,1,11-13H2,2-9H3,(H2,22,23,24);1H. The lowest BCUT2D eigenvalue weighted by Gasteiger charge is -2.35. The van der Waals surface area contributed by atoms with Crippen molar-refractivity contribution in [3.63, 3.8) is 0 Å². The molecule has 0 radical (unpaired) electrons. The number of hydrogen-bond donors (Lipinski definition) is 2. The van der Waals surface area contributed by atoms with Gasteiger partial charge in [-0.25, -0.2) is 9.79 Å². The molecule has 2 unspecified atom stereocenters. The molecule has 0 spiro atoms. The van der Waals surface area contributed by atoms with Gasteiger partial charge in [-0.1, -0.05) is 6.08 Å². The van der Waals surface area contributed by atoms with E-state index in [-0.39, 0.29) is 36.1 Å². The molecule has 2 rings (SSSR count). The number of aliphatic imine (C=N–C) groups is 1. The van der Waals surface area contributed by atoms with Crippen LogP contribution in [0, 0.1) is 6.92 Å². The number of nitrogens with one attached hydrogen (secondary N) is 2. The Morgan fingerprint density at radius 3 is 2.53 bits per heavy atom. The van der Waals surface area contributed by atoms with Crippen LogP contribution in [-0.2, 0) is 23.1 Å². The number of nitrogens with zero attached hydrogens (tertiary/aromatic N) is 5. The van der Waals surface area contributed by atoms with Gasteiger partial charge < -0.3 is 24.7 Å². The van der Waals surface area contributed by atoms with E-state index in [0.717, 1.165) is 11.6 Å². The molecule has 32 heavy (non-hydrogen) atoms. The van der Waals surface area contributed by atoms with Crippen molar-refractivity contribution in [2.24, 2.45) is 12.0 Å². The molecule has 10 nitrogen and oxygen atoms in total. The highest BCUT2D eigenvalue weighted by Crippen LogP contribution is 2.33. The van der Waals surface area contributed by atoms with Gasteiger partial charge in [0.15, 0.2) is 11.8 Å². The number of carbonyl (C=O) groups is 1. The second-order valence-corrected chi connectivity index (χ2v) is 9.13. The van der Waals surface area contributed by atoms with Gasteiger partial charge in [-0.05, 0) is 48.5 Å². The highest BCUT2D eigenvalue weighted by atomic mass is 127. The highest BCUT2D eigenvalue weighted by Gasteiger charge is 2.49. The van der Waals surface area contributed by atoms with Gasteiger partial charge in [-0.15, -0.1) is 40.8 Å². The van der Waals surface area contributed by atoms with Crippen LogP contribution in [0.5, 0.6) is 0 Å². The van der Waals surface area contributed by atoms with E-state index >= 15 is 0 Å². The molecule has 1 aliphatic heterocycles. The van der Waals surface area contributed by atoms with Crippen LogP contribution in [0.3, 0.4) is 0 Å². The third kappa shape index (κ3) is 7.32. The van der Waals surface area contributed by atoms with Gasteiger partial charge in [0, 0.05) is 20.1 Å². The Bertz CT molecular complexity index is 817. The van der Waals surface area contributed by atoms with Crippen LogP contribution in [0.4, 0.5) is 4.79 Å². The molecule has 1 aromatic rings. The van der Waals surface area contributed by atoms with Gasteiger partial charge in [-0.2, -0.15) is 0 Å². The van der Waals surface area contributed by atoms with Crippen LogP contribution in [0.25, 0.3) is 0 Å². The Morgan fingerprint density at radius 1 is 1.34 bits per heavy atom. The summed E-state index contributed by atoms with van der Waals surface area (Å²) in [5, 5.41) is 14.7. The minimum atomic E-state index is -0.782. The largest absolute Gasteiger partial charge is 0.444 e. The molecule has 2 heterocycles. The zero-order chi connectivity index (χ0) is 23.4. The lowest BCUT2D eigenvalue weighted by molar-refractivity contribution is -0.0755. The summed E-state index contributed by atoms with van der Waals surface area (Å²) < 4.78 is 13.6. The summed E-state index contributed by atoms with van der Waals surface area (Å²) in [5.74, 6) is 2.17. The molecule has 0 aromatic carbocycles. The molecule has 1 fully saturated rings. The van der Waals surface area contributed by atoms with E-state index < -0.39 is 17.4 Å². The molecule has 0 aliphatic carbocycles. The summed E-state index contributed by atoms with van der Waals surface area (Å²) in [6, 6.07) is -0.238. The fraction of sp³-hybridized carbons (Fsp3) is 0.714. The molecule has 182 valence electrons. The molecule has 11 heteroatoms. The summed E-state index contributed by atoms with van der Waals surface area (Å²) in [6.45, 7) is 18.2. The van der Waals surface area contributed by atoms with Crippen LogP contribution in [0.1, 0.15) is 53.2 Å². The Balaban J connectivity index is 0.00000512. The first-order chi connectivity index (χ1) is 14.4. The number of rotatable bonds is 6. The second kappa shape index (κ2) is 11.3. The van der Waals surface area contributed by atoms with E-state index in [1.807, 2.05) is 60.1 Å². The molecule has 2 atom stereocenters. The maximum atomic E-state index is 12.9. The topological polar surface area (TPSA) is 106 Å². The van der Waals surface area contributed by atoms with E-state index in [0.29, 0.717) is 25.6 Å². The van der Waals surface area contributed by atoms with Crippen molar-refractivity contribution in [1.82, 2.24) is 30.3 Å². The lowest BCUT2D eigenvalue weighted by atomic mass is 10.1. The molecule has 1 saturated heterocycles. The van der Waals surface area contributed by atoms with Gasteiger partial charge >= 0.3 is 6.09 Å². The maximum Gasteiger partial charge on any atom is 0.412 e. The molecular weight excluding hydrogens is 525 g/mol. The first kappa shape index (κ1) is 28.1. The third-order valence-electron chi connectivity index (χ3n) is 4.97. The molecule has 0 bridgehead atoms. The number of ether oxygens (including phenoxy) is 2. The van der Waals surface area contributed by atoms with Crippen LogP contribution < -0.4 is 10.6 Å². The number of carbonyl (C=O) groups excluding carboxylic acids is 1. The van der Waals surface area contributed by atoms with Gasteiger partial charge in [0.25, 0.3) is 0 Å². The first-order valence-corrected chi connectivity index (χ1v) is 10.5. The number of guanidine groups is 1. The zero-order valence-electron chi connectivity index (χ0n) is 20.4. The van der Waals surface area contributed by atoms with Crippen molar-refractivity contribution in [2.75, 3.05) is 13.1 Å². The molecule has 1 amide bonds. The van der Waals surface area contributed by atoms with E-state index in [1.165, 1.54) is 0 Å². The minimum absolute atomic E-state index is 0. The number of aryl methyl sites for hydroxylation is 1. The van der Waals surface area contributed by atoms with Crippen molar-refractivity contribution < 1.29 is 14.3 Å². The Morgan fingerprint density at radius 2 is 2.00 bits per heavy atom. The predicted octanol–water partition coefficient (Wildman–Crippen LogP) is 2.72. The Hall–Kier alpha value is -1.89.